The van der Waals surface area contributed by atoms with Gasteiger partial charge in [0.1, 0.15) is 0 Å². The topological polar surface area (TPSA) is 70.1 Å². The highest BCUT2D eigenvalue weighted by molar-refractivity contribution is 6.07. The summed E-state index contributed by atoms with van der Waals surface area (Å²) in [4.78, 5) is 20.4. The molecule has 0 aliphatic carbocycles. The first-order valence-corrected chi connectivity index (χ1v) is 11.2. The predicted molar refractivity (Wildman–Crippen MR) is 127 cm³/mol. The minimum Gasteiger partial charge on any atom is -0.493 e. The highest BCUT2D eigenvalue weighted by Crippen LogP contribution is 2.41. The van der Waals surface area contributed by atoms with Crippen molar-refractivity contribution in [3.8, 4) is 28.5 Å². The molecule has 2 aromatic carbocycles. The molecule has 1 aliphatic heterocycles. The van der Waals surface area contributed by atoms with Gasteiger partial charge in [0.2, 0.25) is 5.75 Å². The normalized spacial score (nSPS) is 16.0. The number of pyridine rings is 1. The van der Waals surface area contributed by atoms with Crippen LogP contribution in [-0.2, 0) is 4.74 Å². The number of carbonyl (C=O) groups excluding carboxylic acids is 1. The number of methoxy groups -OCH3 is 3. The zero-order valence-electron chi connectivity index (χ0n) is 19.6. The summed E-state index contributed by atoms with van der Waals surface area (Å²) in [5.74, 6) is 1.57. The Morgan fingerprint density at radius 1 is 1.06 bits per heavy atom. The van der Waals surface area contributed by atoms with Crippen molar-refractivity contribution in [2.75, 3.05) is 41.0 Å². The standard InChI is InChI=1S/C26H30N2O5/c1-5-33-18-9-8-12-28(16-18)26(29)20-15-22(27-21-11-7-6-10-19(20)21)17-13-23(30-2)25(32-4)24(14-17)31-3/h6-7,10-11,13-15,18H,5,8-9,12,16H2,1-4H3. The second-order valence-corrected chi connectivity index (χ2v) is 7.96. The molecule has 1 amide bonds. The third-order valence-electron chi connectivity index (χ3n) is 5.97. The first-order chi connectivity index (χ1) is 16.1. The van der Waals surface area contributed by atoms with E-state index in [0.717, 1.165) is 35.9 Å². The fourth-order valence-electron chi connectivity index (χ4n) is 4.39. The molecule has 0 radical (unpaired) electrons. The highest BCUT2D eigenvalue weighted by Gasteiger charge is 2.27. The molecule has 33 heavy (non-hydrogen) atoms. The Morgan fingerprint density at radius 3 is 2.45 bits per heavy atom. The molecule has 1 aromatic heterocycles. The lowest BCUT2D eigenvalue weighted by Gasteiger charge is -2.32. The molecule has 1 atom stereocenters. The van der Waals surface area contributed by atoms with Crippen molar-refractivity contribution >= 4 is 16.8 Å². The predicted octanol–water partition coefficient (Wildman–Crippen LogP) is 4.57. The minimum atomic E-state index is -0.00769. The van der Waals surface area contributed by atoms with Crippen molar-refractivity contribution in [1.82, 2.24) is 9.88 Å². The molecule has 7 nitrogen and oxygen atoms in total. The summed E-state index contributed by atoms with van der Waals surface area (Å²) >= 11 is 0. The zero-order valence-corrected chi connectivity index (χ0v) is 19.6. The maximum absolute atomic E-state index is 13.7. The number of aromatic nitrogens is 1. The molecule has 1 unspecified atom stereocenters. The van der Waals surface area contributed by atoms with Gasteiger partial charge < -0.3 is 23.8 Å². The van der Waals surface area contributed by atoms with Crippen LogP contribution in [0, 0.1) is 0 Å². The van der Waals surface area contributed by atoms with Gasteiger partial charge in [-0.2, -0.15) is 0 Å². The lowest BCUT2D eigenvalue weighted by molar-refractivity contribution is 0.00731. The van der Waals surface area contributed by atoms with Crippen molar-refractivity contribution < 1.29 is 23.7 Å². The number of para-hydroxylation sites is 1. The number of hydrogen-bond acceptors (Lipinski definition) is 6. The number of rotatable bonds is 7. The molecule has 0 bridgehead atoms. The molecule has 0 saturated carbocycles. The number of carbonyl (C=O) groups is 1. The van der Waals surface area contributed by atoms with Crippen molar-refractivity contribution in [1.29, 1.82) is 0 Å². The van der Waals surface area contributed by atoms with Crippen molar-refractivity contribution in [3.05, 3.63) is 48.0 Å². The van der Waals surface area contributed by atoms with E-state index in [9.17, 15) is 4.79 Å². The van der Waals surface area contributed by atoms with Crippen LogP contribution in [0.3, 0.4) is 0 Å². The van der Waals surface area contributed by atoms with Crippen LogP contribution >= 0.6 is 0 Å². The molecule has 1 fully saturated rings. The summed E-state index contributed by atoms with van der Waals surface area (Å²) in [7, 11) is 4.73. The smallest absolute Gasteiger partial charge is 0.254 e. The number of likely N-dealkylation sites (tertiary alicyclic amines) is 1. The maximum Gasteiger partial charge on any atom is 0.254 e. The van der Waals surface area contributed by atoms with Crippen molar-refractivity contribution in [2.45, 2.75) is 25.9 Å². The van der Waals surface area contributed by atoms with E-state index in [2.05, 4.69) is 0 Å². The first kappa shape index (κ1) is 22.9. The van der Waals surface area contributed by atoms with Gasteiger partial charge in [-0.3, -0.25) is 4.79 Å². The van der Waals surface area contributed by atoms with Crippen LogP contribution in [0.25, 0.3) is 22.2 Å². The van der Waals surface area contributed by atoms with Crippen LogP contribution in [0.2, 0.25) is 0 Å². The number of piperidine rings is 1. The fourth-order valence-corrected chi connectivity index (χ4v) is 4.39. The second kappa shape index (κ2) is 10.1. The molecule has 3 aromatic rings. The van der Waals surface area contributed by atoms with Gasteiger partial charge in [0.25, 0.3) is 5.91 Å². The summed E-state index contributed by atoms with van der Waals surface area (Å²) in [6.07, 6.45) is 1.99. The Balaban J connectivity index is 1.81. The third-order valence-corrected chi connectivity index (χ3v) is 5.97. The molecule has 0 N–H and O–H groups in total. The van der Waals surface area contributed by atoms with Gasteiger partial charge in [-0.15, -0.1) is 0 Å². The van der Waals surface area contributed by atoms with E-state index in [0.29, 0.717) is 41.7 Å². The van der Waals surface area contributed by atoms with Gasteiger partial charge in [0.05, 0.1) is 44.2 Å². The van der Waals surface area contributed by atoms with E-state index in [1.807, 2.05) is 54.3 Å². The Bertz CT molecular complexity index is 1120. The molecular formula is C26H30N2O5. The van der Waals surface area contributed by atoms with E-state index >= 15 is 0 Å². The Morgan fingerprint density at radius 2 is 1.79 bits per heavy atom. The Hall–Kier alpha value is -3.32. The van der Waals surface area contributed by atoms with Gasteiger partial charge in [0.15, 0.2) is 11.5 Å². The van der Waals surface area contributed by atoms with Gasteiger partial charge in [0, 0.05) is 30.6 Å². The largest absolute Gasteiger partial charge is 0.493 e. The first-order valence-electron chi connectivity index (χ1n) is 11.2. The number of hydrogen-bond donors (Lipinski definition) is 0. The van der Waals surface area contributed by atoms with Gasteiger partial charge >= 0.3 is 0 Å². The zero-order chi connectivity index (χ0) is 23.4. The summed E-state index contributed by atoms with van der Waals surface area (Å²) < 4.78 is 22.3. The van der Waals surface area contributed by atoms with Crippen LogP contribution in [0.15, 0.2) is 42.5 Å². The fraction of sp³-hybridized carbons (Fsp3) is 0.385. The summed E-state index contributed by atoms with van der Waals surface area (Å²) in [6.45, 7) is 3.96. The lowest BCUT2D eigenvalue weighted by Crippen LogP contribution is -2.43. The number of fused-ring (bicyclic) bond motifs is 1. The molecule has 4 rings (SSSR count). The van der Waals surface area contributed by atoms with Crippen LogP contribution < -0.4 is 14.2 Å². The average Bonchev–Trinajstić information content (AvgIpc) is 2.87. The monoisotopic (exact) mass is 450 g/mol. The average molecular weight is 451 g/mol. The highest BCUT2D eigenvalue weighted by atomic mass is 16.5. The maximum atomic E-state index is 13.7. The molecular weight excluding hydrogens is 420 g/mol. The third kappa shape index (κ3) is 4.59. The van der Waals surface area contributed by atoms with E-state index in [1.54, 1.807) is 21.3 Å². The molecule has 1 saturated heterocycles. The number of nitrogens with zero attached hydrogens (tertiary/aromatic N) is 2. The summed E-state index contributed by atoms with van der Waals surface area (Å²) in [6, 6.07) is 13.3. The van der Waals surface area contributed by atoms with E-state index < -0.39 is 0 Å². The van der Waals surface area contributed by atoms with E-state index in [-0.39, 0.29) is 12.0 Å². The Kier molecular flexibility index (Phi) is 6.99. The van der Waals surface area contributed by atoms with Gasteiger partial charge in [-0.1, -0.05) is 18.2 Å². The quantitative estimate of drug-likeness (QED) is 0.525. The second-order valence-electron chi connectivity index (χ2n) is 7.96. The lowest BCUT2D eigenvalue weighted by atomic mass is 10.0. The summed E-state index contributed by atoms with van der Waals surface area (Å²) in [5, 5.41) is 0.831. The van der Waals surface area contributed by atoms with Crippen molar-refractivity contribution in [3.63, 3.8) is 0 Å². The Labute approximate surface area is 194 Å². The van der Waals surface area contributed by atoms with Crippen LogP contribution in [0.1, 0.15) is 30.1 Å². The van der Waals surface area contributed by atoms with E-state index in [1.165, 1.54) is 0 Å². The SMILES string of the molecule is CCOC1CCCN(C(=O)c2cc(-c3cc(OC)c(OC)c(OC)c3)nc3ccccc23)C1. The number of benzene rings is 2. The van der Waals surface area contributed by atoms with Gasteiger partial charge in [-0.05, 0) is 44.0 Å². The van der Waals surface area contributed by atoms with Crippen LogP contribution in [0.5, 0.6) is 17.2 Å². The van der Waals surface area contributed by atoms with Crippen molar-refractivity contribution in [2.24, 2.45) is 0 Å². The van der Waals surface area contributed by atoms with Crippen LogP contribution in [0.4, 0.5) is 0 Å². The van der Waals surface area contributed by atoms with E-state index in [4.69, 9.17) is 23.9 Å². The number of ether oxygens (including phenoxy) is 4. The minimum absolute atomic E-state index is 0.00769. The molecule has 2 heterocycles. The van der Waals surface area contributed by atoms with Crippen LogP contribution in [-0.4, -0.2) is 62.9 Å². The number of amides is 1. The molecule has 7 heteroatoms. The molecule has 1 aliphatic rings. The molecule has 174 valence electrons. The summed E-state index contributed by atoms with van der Waals surface area (Å²) in [5.41, 5.74) is 2.82. The van der Waals surface area contributed by atoms with Gasteiger partial charge in [-0.25, -0.2) is 4.98 Å². The molecule has 0 spiro atoms.